The molecule has 2 heterocycles. The normalized spacial score (nSPS) is 11.0. The Bertz CT molecular complexity index is 894. The van der Waals surface area contributed by atoms with Crippen molar-refractivity contribution in [1.82, 2.24) is 19.7 Å². The van der Waals surface area contributed by atoms with Gasteiger partial charge in [-0.15, -0.1) is 12.4 Å². The van der Waals surface area contributed by atoms with Crippen LogP contribution >= 0.6 is 39.7 Å². The average molecular weight is 459 g/mol. The first kappa shape index (κ1) is 20.8. The Morgan fingerprint density at radius 2 is 2.04 bits per heavy atom. The van der Waals surface area contributed by atoms with Crippen molar-refractivity contribution in [2.45, 2.75) is 13.5 Å². The third kappa shape index (κ3) is 4.43. The van der Waals surface area contributed by atoms with Crippen LogP contribution < -0.4 is 4.90 Å². The molecule has 0 aliphatic rings. The van der Waals surface area contributed by atoms with Gasteiger partial charge >= 0.3 is 0 Å². The number of amides is 1. The zero-order chi connectivity index (χ0) is 18.0. The van der Waals surface area contributed by atoms with Crippen molar-refractivity contribution >= 4 is 60.9 Å². The molecule has 3 rings (SSSR count). The summed E-state index contributed by atoms with van der Waals surface area (Å²) in [5, 5.41) is 4.93. The number of carbonyl (C=O) groups excluding carboxylic acids is 1. The van der Waals surface area contributed by atoms with E-state index in [0.717, 1.165) is 21.2 Å². The van der Waals surface area contributed by atoms with Crippen LogP contribution in [0.15, 0.2) is 34.9 Å². The molecule has 1 amide bonds. The number of fused-ring (bicyclic) bond motifs is 1. The number of hydrogen-bond donors (Lipinski definition) is 0. The molecule has 9 heteroatoms. The van der Waals surface area contributed by atoms with Gasteiger partial charge in [0.05, 0.1) is 10.2 Å². The molecular formula is C17H21BrClN5OS. The van der Waals surface area contributed by atoms with Gasteiger partial charge in [-0.3, -0.25) is 14.4 Å². The second-order valence-electron chi connectivity index (χ2n) is 5.90. The van der Waals surface area contributed by atoms with Crippen LogP contribution in [0.4, 0.5) is 5.13 Å². The van der Waals surface area contributed by atoms with E-state index in [9.17, 15) is 4.79 Å². The molecule has 0 saturated heterocycles. The lowest BCUT2D eigenvalue weighted by Crippen LogP contribution is -2.37. The van der Waals surface area contributed by atoms with Crippen LogP contribution in [-0.4, -0.2) is 52.8 Å². The molecular weight excluding hydrogens is 438 g/mol. The van der Waals surface area contributed by atoms with E-state index >= 15 is 0 Å². The number of thiazole rings is 1. The number of aryl methyl sites for hydroxylation is 1. The Labute approximate surface area is 171 Å². The number of rotatable bonds is 6. The van der Waals surface area contributed by atoms with Gasteiger partial charge in [0.15, 0.2) is 5.13 Å². The van der Waals surface area contributed by atoms with Crippen molar-refractivity contribution < 1.29 is 4.79 Å². The number of hydrogen-bond acceptors (Lipinski definition) is 5. The minimum absolute atomic E-state index is 0. The van der Waals surface area contributed by atoms with Gasteiger partial charge in [-0.1, -0.05) is 27.3 Å². The zero-order valence-electron chi connectivity index (χ0n) is 14.8. The molecule has 0 radical (unpaired) electrons. The van der Waals surface area contributed by atoms with E-state index in [-0.39, 0.29) is 18.3 Å². The molecule has 0 aliphatic heterocycles. The van der Waals surface area contributed by atoms with Crippen molar-refractivity contribution in [3.05, 3.63) is 40.6 Å². The maximum Gasteiger partial charge on any atom is 0.278 e. The van der Waals surface area contributed by atoms with Gasteiger partial charge in [-0.25, -0.2) is 4.98 Å². The Balaban J connectivity index is 0.00000243. The lowest BCUT2D eigenvalue weighted by atomic mass is 10.3. The van der Waals surface area contributed by atoms with E-state index in [1.807, 2.05) is 39.2 Å². The number of halogens is 2. The average Bonchev–Trinajstić information content (AvgIpc) is 3.20. The number of anilines is 1. The summed E-state index contributed by atoms with van der Waals surface area (Å²) in [4.78, 5) is 21.6. The summed E-state index contributed by atoms with van der Waals surface area (Å²) in [6.45, 7) is 3.96. The molecule has 0 unspecified atom stereocenters. The van der Waals surface area contributed by atoms with Gasteiger partial charge in [-0.05, 0) is 45.3 Å². The van der Waals surface area contributed by atoms with Gasteiger partial charge in [-0.2, -0.15) is 5.10 Å². The van der Waals surface area contributed by atoms with Crippen molar-refractivity contribution in [3.8, 4) is 0 Å². The highest BCUT2D eigenvalue weighted by Gasteiger charge is 2.24. The number of benzene rings is 1. The van der Waals surface area contributed by atoms with Gasteiger partial charge in [0.25, 0.3) is 5.91 Å². The lowest BCUT2D eigenvalue weighted by Gasteiger charge is -2.22. The summed E-state index contributed by atoms with van der Waals surface area (Å²) in [6.07, 6.45) is 1.66. The molecule has 6 nitrogen and oxygen atoms in total. The molecule has 0 saturated carbocycles. The molecule has 26 heavy (non-hydrogen) atoms. The van der Waals surface area contributed by atoms with Crippen LogP contribution in [0.3, 0.4) is 0 Å². The van der Waals surface area contributed by atoms with E-state index in [4.69, 9.17) is 0 Å². The third-order valence-corrected chi connectivity index (χ3v) is 5.36. The predicted molar refractivity (Wildman–Crippen MR) is 113 cm³/mol. The zero-order valence-corrected chi connectivity index (χ0v) is 18.1. The lowest BCUT2D eigenvalue weighted by molar-refractivity contribution is 0.0975. The molecule has 0 bridgehead atoms. The predicted octanol–water partition coefficient (Wildman–Crippen LogP) is 3.91. The van der Waals surface area contributed by atoms with Crippen LogP contribution in [0, 0.1) is 0 Å². The Morgan fingerprint density at radius 3 is 2.73 bits per heavy atom. The van der Waals surface area contributed by atoms with Gasteiger partial charge in [0.2, 0.25) is 0 Å². The Morgan fingerprint density at radius 1 is 1.27 bits per heavy atom. The summed E-state index contributed by atoms with van der Waals surface area (Å²) >= 11 is 5.01. The number of carbonyl (C=O) groups is 1. The second-order valence-corrected chi connectivity index (χ2v) is 7.83. The van der Waals surface area contributed by atoms with E-state index in [1.54, 1.807) is 21.8 Å². The third-order valence-electron chi connectivity index (χ3n) is 3.82. The van der Waals surface area contributed by atoms with Crippen molar-refractivity contribution in [2.75, 3.05) is 32.1 Å². The maximum absolute atomic E-state index is 13.1. The molecule has 140 valence electrons. The molecule has 0 fully saturated rings. The SMILES string of the molecule is CCn1nccc1C(=O)N(CCN(C)C)c1nc2ccc(Br)cc2s1.Cl. The Kier molecular flexibility index (Phi) is 7.16. The van der Waals surface area contributed by atoms with Gasteiger partial charge < -0.3 is 4.90 Å². The monoisotopic (exact) mass is 457 g/mol. The number of aromatic nitrogens is 3. The maximum atomic E-state index is 13.1. The van der Waals surface area contributed by atoms with Gasteiger partial charge in [0, 0.05) is 30.3 Å². The minimum atomic E-state index is -0.0701. The summed E-state index contributed by atoms with van der Waals surface area (Å²) in [5.41, 5.74) is 1.48. The van der Waals surface area contributed by atoms with Crippen molar-refractivity contribution in [3.63, 3.8) is 0 Å². The first-order valence-corrected chi connectivity index (χ1v) is 9.65. The molecule has 2 aromatic heterocycles. The molecule has 0 spiro atoms. The standard InChI is InChI=1S/C17H20BrN5OS.ClH/c1-4-23-14(7-8-19-23)16(24)22(10-9-21(2)3)17-20-13-6-5-12(18)11-15(13)25-17;/h5-8,11H,4,9-10H2,1-3H3;1H. The summed E-state index contributed by atoms with van der Waals surface area (Å²) < 4.78 is 3.77. The summed E-state index contributed by atoms with van der Waals surface area (Å²) in [7, 11) is 3.99. The fraction of sp³-hybridized carbons (Fsp3) is 0.353. The summed E-state index contributed by atoms with van der Waals surface area (Å²) in [6, 6.07) is 7.72. The van der Waals surface area contributed by atoms with E-state index < -0.39 is 0 Å². The largest absolute Gasteiger partial charge is 0.308 e. The van der Waals surface area contributed by atoms with Crippen LogP contribution in [0.25, 0.3) is 10.2 Å². The molecule has 0 atom stereocenters. The highest BCUT2D eigenvalue weighted by molar-refractivity contribution is 9.10. The van der Waals surface area contributed by atoms with Crippen LogP contribution in [0.1, 0.15) is 17.4 Å². The smallest absolute Gasteiger partial charge is 0.278 e. The topological polar surface area (TPSA) is 54.3 Å². The fourth-order valence-corrected chi connectivity index (χ4v) is 4.03. The van der Waals surface area contributed by atoms with Gasteiger partial charge in [0.1, 0.15) is 5.69 Å². The molecule has 0 N–H and O–H groups in total. The number of likely N-dealkylation sites (N-methyl/N-ethyl adjacent to an activating group) is 1. The van der Waals surface area contributed by atoms with Crippen LogP contribution in [-0.2, 0) is 6.54 Å². The second kappa shape index (κ2) is 8.94. The first-order chi connectivity index (χ1) is 12.0. The fourth-order valence-electron chi connectivity index (χ4n) is 2.49. The molecule has 3 aromatic rings. The molecule has 0 aliphatic carbocycles. The van der Waals surface area contributed by atoms with Crippen LogP contribution in [0.5, 0.6) is 0 Å². The molecule has 1 aromatic carbocycles. The number of nitrogens with zero attached hydrogens (tertiary/aromatic N) is 5. The van der Waals surface area contributed by atoms with E-state index in [0.29, 0.717) is 23.9 Å². The van der Waals surface area contributed by atoms with Crippen LogP contribution in [0.2, 0.25) is 0 Å². The minimum Gasteiger partial charge on any atom is -0.308 e. The quantitative estimate of drug-likeness (QED) is 0.562. The van der Waals surface area contributed by atoms with Crippen molar-refractivity contribution in [1.29, 1.82) is 0 Å². The first-order valence-electron chi connectivity index (χ1n) is 8.04. The summed E-state index contributed by atoms with van der Waals surface area (Å²) in [5.74, 6) is -0.0701. The van der Waals surface area contributed by atoms with E-state index in [1.165, 1.54) is 11.3 Å². The van der Waals surface area contributed by atoms with Crippen molar-refractivity contribution in [2.24, 2.45) is 0 Å². The highest BCUT2D eigenvalue weighted by atomic mass is 79.9. The Hall–Kier alpha value is -1.48. The highest BCUT2D eigenvalue weighted by Crippen LogP contribution is 2.31. The van der Waals surface area contributed by atoms with E-state index in [2.05, 4.69) is 30.9 Å².